The van der Waals surface area contributed by atoms with Crippen LogP contribution in [0.5, 0.6) is 0 Å². The highest BCUT2D eigenvalue weighted by Gasteiger charge is 2.19. The van der Waals surface area contributed by atoms with Gasteiger partial charge in [-0.25, -0.2) is 9.78 Å². The third kappa shape index (κ3) is 5.10. The highest BCUT2D eigenvalue weighted by Crippen LogP contribution is 2.20. The van der Waals surface area contributed by atoms with E-state index < -0.39 is 16.1 Å². The van der Waals surface area contributed by atoms with E-state index in [-0.39, 0.29) is 29.8 Å². The molecule has 0 saturated carbocycles. The second-order valence-electron chi connectivity index (χ2n) is 6.50. The molecular weight excluding hydrogens is 392 g/mol. The summed E-state index contributed by atoms with van der Waals surface area (Å²) in [6.45, 7) is 3.34. The summed E-state index contributed by atoms with van der Waals surface area (Å²) in [5.41, 5.74) is 2.24. The Balaban J connectivity index is 1.57. The van der Waals surface area contributed by atoms with Gasteiger partial charge in [0, 0.05) is 0 Å². The van der Waals surface area contributed by atoms with E-state index >= 15 is 0 Å². The SMILES string of the molecule is Cc1ccc(S(=O)(=O)OCCOC(=O)c2cncn2[C@H](C)c2ccccc2)cc1. The van der Waals surface area contributed by atoms with Crippen molar-refractivity contribution >= 4 is 16.1 Å². The Morgan fingerprint density at radius 3 is 2.45 bits per heavy atom. The zero-order valence-electron chi connectivity index (χ0n) is 16.2. The van der Waals surface area contributed by atoms with Gasteiger partial charge >= 0.3 is 5.97 Å². The normalized spacial score (nSPS) is 12.5. The van der Waals surface area contributed by atoms with Crippen molar-refractivity contribution < 1.29 is 22.1 Å². The van der Waals surface area contributed by atoms with Crippen molar-refractivity contribution in [3.63, 3.8) is 0 Å². The standard InChI is InChI=1S/C21H22N2O5S/c1-16-8-10-19(11-9-16)29(25,26)28-13-12-27-21(24)20-14-22-15-23(20)17(2)18-6-4-3-5-7-18/h3-11,14-15,17H,12-13H2,1-2H3/t17-/m1/s1. The molecule has 0 spiro atoms. The molecule has 2 aromatic carbocycles. The number of carbonyl (C=O) groups is 1. The van der Waals surface area contributed by atoms with Gasteiger partial charge in [-0.2, -0.15) is 8.42 Å². The van der Waals surface area contributed by atoms with E-state index in [1.165, 1.54) is 18.3 Å². The average molecular weight is 414 g/mol. The number of benzene rings is 2. The molecule has 3 rings (SSSR count). The fraction of sp³-hybridized carbons (Fsp3) is 0.238. The predicted molar refractivity (Wildman–Crippen MR) is 107 cm³/mol. The summed E-state index contributed by atoms with van der Waals surface area (Å²) in [6, 6.07) is 15.9. The predicted octanol–water partition coefficient (Wildman–Crippen LogP) is 3.36. The van der Waals surface area contributed by atoms with Gasteiger partial charge in [0.25, 0.3) is 10.1 Å². The van der Waals surface area contributed by atoms with Gasteiger partial charge in [0.1, 0.15) is 18.9 Å². The summed E-state index contributed by atoms with van der Waals surface area (Å²) in [5.74, 6) is -0.596. The molecule has 1 atom stereocenters. The van der Waals surface area contributed by atoms with Crippen molar-refractivity contribution in [3.8, 4) is 0 Å². The molecule has 8 heteroatoms. The first-order valence-corrected chi connectivity index (χ1v) is 10.5. The van der Waals surface area contributed by atoms with Gasteiger partial charge < -0.3 is 9.30 Å². The summed E-state index contributed by atoms with van der Waals surface area (Å²) in [5, 5.41) is 0. The minimum atomic E-state index is -3.90. The highest BCUT2D eigenvalue weighted by molar-refractivity contribution is 7.86. The van der Waals surface area contributed by atoms with Gasteiger partial charge in [-0.3, -0.25) is 4.18 Å². The number of carbonyl (C=O) groups excluding carboxylic acids is 1. The lowest BCUT2D eigenvalue weighted by Gasteiger charge is -2.16. The van der Waals surface area contributed by atoms with Crippen molar-refractivity contribution in [2.75, 3.05) is 13.2 Å². The fourth-order valence-corrected chi connectivity index (χ4v) is 3.68. The number of rotatable bonds is 8. The summed E-state index contributed by atoms with van der Waals surface area (Å²) < 4.78 is 36.1. The molecular formula is C21H22N2O5S. The second-order valence-corrected chi connectivity index (χ2v) is 8.11. The fourth-order valence-electron chi connectivity index (χ4n) is 2.79. The third-order valence-corrected chi connectivity index (χ3v) is 5.77. The van der Waals surface area contributed by atoms with E-state index in [4.69, 9.17) is 8.92 Å². The van der Waals surface area contributed by atoms with Gasteiger partial charge in [-0.1, -0.05) is 48.0 Å². The number of imidazole rings is 1. The first kappa shape index (κ1) is 20.8. The first-order chi connectivity index (χ1) is 13.9. The molecule has 0 aliphatic rings. The second kappa shape index (κ2) is 9.02. The van der Waals surface area contributed by atoms with Crippen LogP contribution in [-0.4, -0.2) is 37.2 Å². The Kier molecular flexibility index (Phi) is 6.46. The van der Waals surface area contributed by atoms with E-state index in [2.05, 4.69) is 4.98 Å². The van der Waals surface area contributed by atoms with Crippen molar-refractivity contribution in [1.29, 1.82) is 0 Å². The molecule has 0 radical (unpaired) electrons. The summed E-state index contributed by atoms with van der Waals surface area (Å²) in [7, 11) is -3.90. The Hall–Kier alpha value is -2.97. The van der Waals surface area contributed by atoms with Crippen LogP contribution in [0.15, 0.2) is 72.0 Å². The molecule has 0 aliphatic heterocycles. The van der Waals surface area contributed by atoms with Gasteiger partial charge in [-0.15, -0.1) is 0 Å². The number of aromatic nitrogens is 2. The Labute approximate surface area is 170 Å². The lowest BCUT2D eigenvalue weighted by atomic mass is 10.1. The van der Waals surface area contributed by atoms with E-state index in [1.807, 2.05) is 44.2 Å². The van der Waals surface area contributed by atoms with Crippen LogP contribution >= 0.6 is 0 Å². The number of esters is 1. The van der Waals surface area contributed by atoms with Crippen LogP contribution in [-0.2, 0) is 19.0 Å². The van der Waals surface area contributed by atoms with Crippen LogP contribution in [0.2, 0.25) is 0 Å². The summed E-state index contributed by atoms with van der Waals surface area (Å²) >= 11 is 0. The molecule has 0 aliphatic carbocycles. The molecule has 0 fully saturated rings. The van der Waals surface area contributed by atoms with Gasteiger partial charge in [0.15, 0.2) is 0 Å². The van der Waals surface area contributed by atoms with Crippen LogP contribution in [0, 0.1) is 6.92 Å². The maximum Gasteiger partial charge on any atom is 0.356 e. The zero-order chi connectivity index (χ0) is 20.9. The molecule has 0 N–H and O–H groups in total. The van der Waals surface area contributed by atoms with E-state index in [0.717, 1.165) is 11.1 Å². The number of aryl methyl sites for hydroxylation is 1. The maximum absolute atomic E-state index is 12.4. The summed E-state index contributed by atoms with van der Waals surface area (Å²) in [4.78, 5) is 16.5. The zero-order valence-corrected chi connectivity index (χ0v) is 17.0. The molecule has 1 heterocycles. The van der Waals surface area contributed by atoms with Gasteiger partial charge in [0.05, 0.1) is 23.5 Å². The smallest absolute Gasteiger partial charge is 0.356 e. The number of hydrogen-bond acceptors (Lipinski definition) is 6. The van der Waals surface area contributed by atoms with Crippen LogP contribution < -0.4 is 0 Å². The van der Waals surface area contributed by atoms with E-state index in [1.54, 1.807) is 23.0 Å². The van der Waals surface area contributed by atoms with Crippen LogP contribution in [0.4, 0.5) is 0 Å². The molecule has 0 amide bonds. The Morgan fingerprint density at radius 2 is 1.76 bits per heavy atom. The van der Waals surface area contributed by atoms with Crippen molar-refractivity contribution in [2.45, 2.75) is 24.8 Å². The average Bonchev–Trinajstić information content (AvgIpc) is 3.21. The quantitative estimate of drug-likeness (QED) is 0.319. The molecule has 0 unspecified atom stereocenters. The third-order valence-electron chi connectivity index (χ3n) is 4.44. The van der Waals surface area contributed by atoms with Crippen LogP contribution in [0.3, 0.4) is 0 Å². The minimum Gasteiger partial charge on any atom is -0.458 e. The monoisotopic (exact) mass is 414 g/mol. The molecule has 29 heavy (non-hydrogen) atoms. The van der Waals surface area contributed by atoms with Gasteiger partial charge in [0.2, 0.25) is 0 Å². The van der Waals surface area contributed by atoms with Crippen LogP contribution in [0.25, 0.3) is 0 Å². The summed E-state index contributed by atoms with van der Waals surface area (Å²) in [6.07, 6.45) is 2.98. The molecule has 7 nitrogen and oxygen atoms in total. The first-order valence-electron chi connectivity index (χ1n) is 9.08. The molecule has 1 aromatic heterocycles. The molecule has 152 valence electrons. The maximum atomic E-state index is 12.4. The molecule has 3 aromatic rings. The Morgan fingerprint density at radius 1 is 1.07 bits per heavy atom. The van der Waals surface area contributed by atoms with E-state index in [9.17, 15) is 13.2 Å². The van der Waals surface area contributed by atoms with Crippen molar-refractivity contribution in [3.05, 3.63) is 83.9 Å². The van der Waals surface area contributed by atoms with Crippen molar-refractivity contribution in [1.82, 2.24) is 9.55 Å². The number of ether oxygens (including phenoxy) is 1. The largest absolute Gasteiger partial charge is 0.458 e. The highest BCUT2D eigenvalue weighted by atomic mass is 32.2. The lowest BCUT2D eigenvalue weighted by molar-refractivity contribution is 0.0439. The van der Waals surface area contributed by atoms with Crippen molar-refractivity contribution in [2.24, 2.45) is 0 Å². The molecule has 0 saturated heterocycles. The number of nitrogens with zero attached hydrogens (tertiary/aromatic N) is 2. The molecule has 0 bridgehead atoms. The topological polar surface area (TPSA) is 87.5 Å². The minimum absolute atomic E-state index is 0.0594. The Bertz CT molecular complexity index is 1060. The number of hydrogen-bond donors (Lipinski definition) is 0. The van der Waals surface area contributed by atoms with Crippen LogP contribution in [0.1, 0.15) is 34.6 Å². The van der Waals surface area contributed by atoms with E-state index in [0.29, 0.717) is 0 Å². The lowest BCUT2D eigenvalue weighted by Crippen LogP contribution is -2.18. The van der Waals surface area contributed by atoms with Gasteiger partial charge in [-0.05, 0) is 31.5 Å².